The number of hydrogen-bond donors (Lipinski definition) is 0. The molecule has 0 saturated heterocycles. The van der Waals surface area contributed by atoms with Crippen LogP contribution in [-0.2, 0) is 11.2 Å². The molecule has 1 aromatic rings. The second-order valence-electron chi connectivity index (χ2n) is 2.48. The molecule has 0 unspecified atom stereocenters. The molecule has 1 heterocycles. The van der Waals surface area contributed by atoms with Gasteiger partial charge in [-0.3, -0.25) is 4.79 Å². The van der Waals surface area contributed by atoms with Crippen LogP contribution in [0.15, 0.2) is 12.3 Å². The Morgan fingerprint density at radius 1 is 1.58 bits per heavy atom. The van der Waals surface area contributed by atoms with Crippen LogP contribution in [0, 0.1) is 11.8 Å². The summed E-state index contributed by atoms with van der Waals surface area (Å²) in [5, 5.41) is 0. The third kappa shape index (κ3) is 2.08. The van der Waals surface area contributed by atoms with Crippen LogP contribution in [0.2, 0.25) is 0 Å². The molecular weight excluding hydrogens is 164 g/mol. The minimum atomic E-state index is -0.771. The molecular formula is C8H7F2NO. The lowest BCUT2D eigenvalue weighted by Gasteiger charge is -1.98. The van der Waals surface area contributed by atoms with Gasteiger partial charge in [0.15, 0.2) is 0 Å². The van der Waals surface area contributed by atoms with Crippen LogP contribution in [0.25, 0.3) is 0 Å². The largest absolute Gasteiger partial charge is 0.300 e. The van der Waals surface area contributed by atoms with Gasteiger partial charge in [0.2, 0.25) is 5.95 Å². The number of carbonyl (C=O) groups excluding carboxylic acids is 1. The summed E-state index contributed by atoms with van der Waals surface area (Å²) in [7, 11) is 0. The normalized spacial score (nSPS) is 9.92. The van der Waals surface area contributed by atoms with Crippen molar-refractivity contribution in [3.05, 3.63) is 29.6 Å². The molecule has 0 aliphatic rings. The average Bonchev–Trinajstić information content (AvgIpc) is 1.96. The Morgan fingerprint density at radius 2 is 2.25 bits per heavy atom. The van der Waals surface area contributed by atoms with E-state index >= 15 is 0 Å². The number of pyridine rings is 1. The molecule has 64 valence electrons. The lowest BCUT2D eigenvalue weighted by Crippen LogP contribution is -2.01. The summed E-state index contributed by atoms with van der Waals surface area (Å²) < 4.78 is 25.2. The van der Waals surface area contributed by atoms with Gasteiger partial charge in [0, 0.05) is 12.0 Å². The first-order chi connectivity index (χ1) is 5.59. The molecule has 4 heteroatoms. The molecule has 0 fully saturated rings. The van der Waals surface area contributed by atoms with E-state index in [4.69, 9.17) is 0 Å². The molecule has 0 amide bonds. The van der Waals surface area contributed by atoms with Crippen molar-refractivity contribution in [3.63, 3.8) is 0 Å². The standard InChI is InChI=1S/C8H7F2NO/c1-5(12)2-6-3-8(10)11-4-7(6)9/h3-4H,2H2,1H3. The fraction of sp³-hybridized carbons (Fsp3) is 0.250. The zero-order valence-corrected chi connectivity index (χ0v) is 6.47. The maximum Gasteiger partial charge on any atom is 0.213 e. The number of ketones is 1. The van der Waals surface area contributed by atoms with E-state index < -0.39 is 11.8 Å². The summed E-state index contributed by atoms with van der Waals surface area (Å²) in [6.07, 6.45) is 0.679. The van der Waals surface area contributed by atoms with Gasteiger partial charge in [-0.25, -0.2) is 9.37 Å². The van der Waals surface area contributed by atoms with Crippen LogP contribution in [0.5, 0.6) is 0 Å². The van der Waals surface area contributed by atoms with E-state index in [0.717, 1.165) is 12.3 Å². The molecule has 0 aliphatic heterocycles. The smallest absolute Gasteiger partial charge is 0.213 e. The highest BCUT2D eigenvalue weighted by Crippen LogP contribution is 2.07. The van der Waals surface area contributed by atoms with Crippen LogP contribution < -0.4 is 0 Å². The molecule has 2 nitrogen and oxygen atoms in total. The highest BCUT2D eigenvalue weighted by Gasteiger charge is 2.06. The number of nitrogens with zero attached hydrogens (tertiary/aromatic N) is 1. The van der Waals surface area contributed by atoms with Gasteiger partial charge in [0.05, 0.1) is 6.20 Å². The van der Waals surface area contributed by atoms with E-state index in [1.54, 1.807) is 0 Å². The molecule has 0 spiro atoms. The topological polar surface area (TPSA) is 30.0 Å². The van der Waals surface area contributed by atoms with Crippen LogP contribution in [0.4, 0.5) is 8.78 Å². The van der Waals surface area contributed by atoms with E-state index in [2.05, 4.69) is 4.98 Å². The van der Waals surface area contributed by atoms with Crippen molar-refractivity contribution < 1.29 is 13.6 Å². The van der Waals surface area contributed by atoms with Crippen molar-refractivity contribution >= 4 is 5.78 Å². The Morgan fingerprint density at radius 3 is 2.83 bits per heavy atom. The average molecular weight is 171 g/mol. The summed E-state index contributed by atoms with van der Waals surface area (Å²) in [6, 6.07) is 0.927. The third-order valence-electron chi connectivity index (χ3n) is 1.34. The monoisotopic (exact) mass is 171 g/mol. The van der Waals surface area contributed by atoms with Crippen LogP contribution >= 0.6 is 0 Å². The van der Waals surface area contributed by atoms with E-state index in [0.29, 0.717) is 0 Å². The molecule has 0 bridgehead atoms. The van der Waals surface area contributed by atoms with E-state index in [-0.39, 0.29) is 17.8 Å². The quantitative estimate of drug-likeness (QED) is 0.631. The number of rotatable bonds is 2. The molecule has 0 N–H and O–H groups in total. The Labute approximate surface area is 68.2 Å². The number of aromatic nitrogens is 1. The molecule has 12 heavy (non-hydrogen) atoms. The van der Waals surface area contributed by atoms with Gasteiger partial charge in [-0.2, -0.15) is 4.39 Å². The lowest BCUT2D eigenvalue weighted by atomic mass is 10.1. The summed E-state index contributed by atoms with van der Waals surface area (Å²) >= 11 is 0. The number of carbonyl (C=O) groups is 1. The highest BCUT2D eigenvalue weighted by atomic mass is 19.1. The molecule has 0 saturated carbocycles. The Hall–Kier alpha value is -1.32. The van der Waals surface area contributed by atoms with Crippen molar-refractivity contribution in [3.8, 4) is 0 Å². The number of halogens is 2. The van der Waals surface area contributed by atoms with Crippen molar-refractivity contribution in [2.24, 2.45) is 0 Å². The maximum atomic E-state index is 12.7. The lowest BCUT2D eigenvalue weighted by molar-refractivity contribution is -0.116. The second-order valence-corrected chi connectivity index (χ2v) is 2.48. The number of Topliss-reactive ketones (excluding diaryl/α,β-unsaturated/α-hetero) is 1. The van der Waals surface area contributed by atoms with Crippen LogP contribution in [-0.4, -0.2) is 10.8 Å². The van der Waals surface area contributed by atoms with Gasteiger partial charge in [-0.05, 0) is 13.0 Å². The van der Waals surface area contributed by atoms with Crippen molar-refractivity contribution in [2.45, 2.75) is 13.3 Å². The highest BCUT2D eigenvalue weighted by molar-refractivity contribution is 5.78. The van der Waals surface area contributed by atoms with E-state index in [9.17, 15) is 13.6 Å². The van der Waals surface area contributed by atoms with E-state index in [1.165, 1.54) is 6.92 Å². The SMILES string of the molecule is CC(=O)Cc1cc(F)ncc1F. The van der Waals surface area contributed by atoms with E-state index in [1.807, 2.05) is 0 Å². The van der Waals surface area contributed by atoms with Crippen LogP contribution in [0.1, 0.15) is 12.5 Å². The second kappa shape index (κ2) is 3.38. The molecule has 0 atom stereocenters. The van der Waals surface area contributed by atoms with Gasteiger partial charge in [0.1, 0.15) is 11.6 Å². The zero-order valence-electron chi connectivity index (χ0n) is 6.47. The predicted octanol–water partition coefficient (Wildman–Crippen LogP) is 1.49. The Balaban J connectivity index is 2.97. The zero-order chi connectivity index (χ0) is 9.14. The van der Waals surface area contributed by atoms with Crippen molar-refractivity contribution in [1.29, 1.82) is 0 Å². The number of hydrogen-bond acceptors (Lipinski definition) is 2. The molecule has 1 rings (SSSR count). The molecule has 0 aromatic carbocycles. The summed E-state index contributed by atoms with van der Waals surface area (Å²) in [5.74, 6) is -1.63. The minimum absolute atomic E-state index is 0.0509. The van der Waals surface area contributed by atoms with Crippen molar-refractivity contribution in [2.75, 3.05) is 0 Å². The maximum absolute atomic E-state index is 12.7. The van der Waals surface area contributed by atoms with Gasteiger partial charge in [0.25, 0.3) is 0 Å². The summed E-state index contributed by atoms with van der Waals surface area (Å²) in [5.41, 5.74) is 0.0509. The predicted molar refractivity (Wildman–Crippen MR) is 38.5 cm³/mol. The van der Waals surface area contributed by atoms with Crippen LogP contribution in [0.3, 0.4) is 0 Å². The first kappa shape index (κ1) is 8.77. The summed E-state index contributed by atoms with van der Waals surface area (Å²) in [6.45, 7) is 1.32. The first-order valence-corrected chi connectivity index (χ1v) is 3.39. The fourth-order valence-electron chi connectivity index (χ4n) is 0.855. The van der Waals surface area contributed by atoms with Gasteiger partial charge >= 0.3 is 0 Å². The minimum Gasteiger partial charge on any atom is -0.300 e. The molecule has 1 aromatic heterocycles. The summed E-state index contributed by atoms with van der Waals surface area (Å²) in [4.78, 5) is 13.7. The van der Waals surface area contributed by atoms with Gasteiger partial charge in [-0.1, -0.05) is 0 Å². The van der Waals surface area contributed by atoms with Gasteiger partial charge in [-0.15, -0.1) is 0 Å². The Bertz CT molecular complexity index is 312. The third-order valence-corrected chi connectivity index (χ3v) is 1.34. The molecule has 0 aliphatic carbocycles. The first-order valence-electron chi connectivity index (χ1n) is 3.39. The molecule has 0 radical (unpaired) electrons. The fourth-order valence-corrected chi connectivity index (χ4v) is 0.855. The Kier molecular flexibility index (Phi) is 2.47. The van der Waals surface area contributed by atoms with Gasteiger partial charge < -0.3 is 0 Å². The van der Waals surface area contributed by atoms with Crippen molar-refractivity contribution in [1.82, 2.24) is 4.98 Å².